The van der Waals surface area contributed by atoms with Crippen molar-refractivity contribution in [2.45, 2.75) is 38.8 Å². The molecule has 0 aromatic heterocycles. The van der Waals surface area contributed by atoms with Crippen molar-refractivity contribution in [3.8, 4) is 5.75 Å². The molecule has 3 nitrogen and oxygen atoms in total. The van der Waals surface area contributed by atoms with Gasteiger partial charge in [-0.1, -0.05) is 13.8 Å². The molecule has 3 heteroatoms. The molecule has 0 saturated heterocycles. The summed E-state index contributed by atoms with van der Waals surface area (Å²) in [7, 11) is 1.65. The second kappa shape index (κ2) is 6.38. The zero-order valence-electron chi connectivity index (χ0n) is 10.2. The van der Waals surface area contributed by atoms with Gasteiger partial charge in [-0.15, -0.1) is 0 Å². The Morgan fingerprint density at radius 2 is 1.81 bits per heavy atom. The first-order valence-corrected chi connectivity index (χ1v) is 5.79. The van der Waals surface area contributed by atoms with Gasteiger partial charge in [0.15, 0.2) is 0 Å². The molecule has 0 amide bonds. The van der Waals surface area contributed by atoms with E-state index in [2.05, 4.69) is 12.2 Å². The SMILES string of the molecule is CCC(O)C(CC)Nc1ccc(OC)cc1. The van der Waals surface area contributed by atoms with Gasteiger partial charge in [-0.05, 0) is 37.1 Å². The lowest BCUT2D eigenvalue weighted by molar-refractivity contribution is 0.146. The van der Waals surface area contributed by atoms with E-state index in [1.165, 1.54) is 0 Å². The van der Waals surface area contributed by atoms with E-state index in [4.69, 9.17) is 4.74 Å². The molecule has 1 aromatic carbocycles. The Bertz CT molecular complexity index is 297. The quantitative estimate of drug-likeness (QED) is 0.779. The number of methoxy groups -OCH3 is 1. The van der Waals surface area contributed by atoms with Gasteiger partial charge in [0.1, 0.15) is 5.75 Å². The smallest absolute Gasteiger partial charge is 0.119 e. The highest BCUT2D eigenvalue weighted by Gasteiger charge is 2.14. The summed E-state index contributed by atoms with van der Waals surface area (Å²) in [5.74, 6) is 0.842. The van der Waals surface area contributed by atoms with E-state index in [9.17, 15) is 5.11 Å². The van der Waals surface area contributed by atoms with Crippen LogP contribution in [0.3, 0.4) is 0 Å². The molecule has 0 aliphatic heterocycles. The van der Waals surface area contributed by atoms with Crippen molar-refractivity contribution in [3.63, 3.8) is 0 Å². The van der Waals surface area contributed by atoms with Crippen LogP contribution in [0.2, 0.25) is 0 Å². The van der Waals surface area contributed by atoms with Gasteiger partial charge in [-0.2, -0.15) is 0 Å². The average Bonchev–Trinajstić information content (AvgIpc) is 2.35. The van der Waals surface area contributed by atoms with Crippen molar-refractivity contribution in [1.82, 2.24) is 0 Å². The minimum Gasteiger partial charge on any atom is -0.497 e. The second-order valence-corrected chi connectivity index (χ2v) is 3.86. The van der Waals surface area contributed by atoms with Gasteiger partial charge in [0.25, 0.3) is 0 Å². The molecule has 16 heavy (non-hydrogen) atoms. The monoisotopic (exact) mass is 223 g/mol. The number of benzene rings is 1. The van der Waals surface area contributed by atoms with Crippen LogP contribution in [0, 0.1) is 0 Å². The first-order valence-electron chi connectivity index (χ1n) is 5.79. The molecule has 0 aliphatic carbocycles. The van der Waals surface area contributed by atoms with E-state index in [1.54, 1.807) is 7.11 Å². The molecule has 1 rings (SSSR count). The van der Waals surface area contributed by atoms with E-state index < -0.39 is 0 Å². The molecule has 2 atom stereocenters. The fraction of sp³-hybridized carbons (Fsp3) is 0.538. The van der Waals surface area contributed by atoms with Crippen LogP contribution in [-0.4, -0.2) is 24.4 Å². The number of hydrogen-bond donors (Lipinski definition) is 2. The lowest BCUT2D eigenvalue weighted by Crippen LogP contribution is -2.32. The van der Waals surface area contributed by atoms with Crippen molar-refractivity contribution in [3.05, 3.63) is 24.3 Å². The maximum absolute atomic E-state index is 9.79. The van der Waals surface area contributed by atoms with Gasteiger partial charge in [0, 0.05) is 5.69 Å². The number of ether oxygens (including phenoxy) is 1. The maximum atomic E-state index is 9.79. The summed E-state index contributed by atoms with van der Waals surface area (Å²) in [6, 6.07) is 7.85. The zero-order chi connectivity index (χ0) is 12.0. The molecular formula is C13H21NO2. The molecule has 0 heterocycles. The fourth-order valence-corrected chi connectivity index (χ4v) is 1.66. The molecular weight excluding hydrogens is 202 g/mol. The van der Waals surface area contributed by atoms with Crippen LogP contribution in [0.25, 0.3) is 0 Å². The Morgan fingerprint density at radius 3 is 2.25 bits per heavy atom. The van der Waals surface area contributed by atoms with E-state index in [0.29, 0.717) is 0 Å². The molecule has 1 aromatic rings. The molecule has 0 saturated carbocycles. The standard InChI is InChI=1S/C13H21NO2/c1-4-12(13(15)5-2)14-10-6-8-11(16-3)9-7-10/h6-9,12-15H,4-5H2,1-3H3. The number of aliphatic hydroxyl groups is 1. The van der Waals surface area contributed by atoms with Crippen LogP contribution in [-0.2, 0) is 0 Å². The Morgan fingerprint density at radius 1 is 1.19 bits per heavy atom. The molecule has 0 spiro atoms. The molecule has 2 N–H and O–H groups in total. The molecule has 0 bridgehead atoms. The lowest BCUT2D eigenvalue weighted by Gasteiger charge is -2.23. The largest absolute Gasteiger partial charge is 0.497 e. The van der Waals surface area contributed by atoms with Crippen LogP contribution < -0.4 is 10.1 Å². The van der Waals surface area contributed by atoms with Crippen molar-refractivity contribution in [2.24, 2.45) is 0 Å². The van der Waals surface area contributed by atoms with Crippen LogP contribution >= 0.6 is 0 Å². The number of rotatable bonds is 6. The minimum absolute atomic E-state index is 0.110. The summed E-state index contributed by atoms with van der Waals surface area (Å²) in [5.41, 5.74) is 1.01. The van der Waals surface area contributed by atoms with Gasteiger partial charge in [-0.25, -0.2) is 0 Å². The van der Waals surface area contributed by atoms with Crippen molar-refractivity contribution in [1.29, 1.82) is 0 Å². The highest BCUT2D eigenvalue weighted by atomic mass is 16.5. The fourth-order valence-electron chi connectivity index (χ4n) is 1.66. The van der Waals surface area contributed by atoms with Gasteiger partial charge in [0.05, 0.1) is 19.3 Å². The maximum Gasteiger partial charge on any atom is 0.119 e. The molecule has 0 fully saturated rings. The number of anilines is 1. The molecule has 0 radical (unpaired) electrons. The third-order valence-electron chi connectivity index (χ3n) is 2.76. The van der Waals surface area contributed by atoms with Crippen LogP contribution in [0.15, 0.2) is 24.3 Å². The van der Waals surface area contributed by atoms with E-state index in [-0.39, 0.29) is 12.1 Å². The average molecular weight is 223 g/mol. The summed E-state index contributed by atoms with van der Waals surface area (Å²) in [5, 5.41) is 13.1. The molecule has 2 unspecified atom stereocenters. The Hall–Kier alpha value is -1.22. The summed E-state index contributed by atoms with van der Waals surface area (Å²) >= 11 is 0. The summed E-state index contributed by atoms with van der Waals surface area (Å²) in [6.45, 7) is 4.06. The second-order valence-electron chi connectivity index (χ2n) is 3.86. The van der Waals surface area contributed by atoms with Gasteiger partial charge < -0.3 is 15.2 Å². The predicted octanol–water partition coefficient (Wildman–Crippen LogP) is 2.66. The highest BCUT2D eigenvalue weighted by molar-refractivity contribution is 5.47. The number of hydrogen-bond acceptors (Lipinski definition) is 3. The van der Waals surface area contributed by atoms with Crippen molar-refractivity contribution in [2.75, 3.05) is 12.4 Å². The van der Waals surface area contributed by atoms with E-state index >= 15 is 0 Å². The van der Waals surface area contributed by atoms with Gasteiger partial charge in [-0.3, -0.25) is 0 Å². The summed E-state index contributed by atoms with van der Waals surface area (Å²) in [4.78, 5) is 0. The molecule has 90 valence electrons. The highest BCUT2D eigenvalue weighted by Crippen LogP contribution is 2.17. The Labute approximate surface area is 97.4 Å². The third-order valence-corrected chi connectivity index (χ3v) is 2.76. The number of aliphatic hydroxyl groups excluding tert-OH is 1. The van der Waals surface area contributed by atoms with Crippen LogP contribution in [0.4, 0.5) is 5.69 Å². The van der Waals surface area contributed by atoms with E-state index in [0.717, 1.165) is 24.3 Å². The normalized spacial score (nSPS) is 14.2. The third kappa shape index (κ3) is 3.42. The van der Waals surface area contributed by atoms with E-state index in [1.807, 2.05) is 31.2 Å². The van der Waals surface area contributed by atoms with Gasteiger partial charge >= 0.3 is 0 Å². The topological polar surface area (TPSA) is 41.5 Å². The van der Waals surface area contributed by atoms with Crippen molar-refractivity contribution < 1.29 is 9.84 Å². The Kier molecular flexibility index (Phi) is 5.12. The van der Waals surface area contributed by atoms with Crippen LogP contribution in [0.1, 0.15) is 26.7 Å². The lowest BCUT2D eigenvalue weighted by atomic mass is 10.1. The van der Waals surface area contributed by atoms with Gasteiger partial charge in [0.2, 0.25) is 0 Å². The first-order chi connectivity index (χ1) is 7.71. The number of nitrogens with one attached hydrogen (secondary N) is 1. The zero-order valence-corrected chi connectivity index (χ0v) is 10.2. The van der Waals surface area contributed by atoms with Crippen molar-refractivity contribution >= 4 is 5.69 Å². The summed E-state index contributed by atoms with van der Waals surface area (Å²) in [6.07, 6.45) is 1.37. The molecule has 0 aliphatic rings. The minimum atomic E-state index is -0.299. The first kappa shape index (κ1) is 12.8. The van der Waals surface area contributed by atoms with Crippen LogP contribution in [0.5, 0.6) is 5.75 Å². The summed E-state index contributed by atoms with van der Waals surface area (Å²) < 4.78 is 5.09. The predicted molar refractivity (Wildman–Crippen MR) is 67.0 cm³/mol. The Balaban J connectivity index is 2.63.